The maximum Gasteiger partial charge on any atom is 0.220 e. The van der Waals surface area contributed by atoms with Gasteiger partial charge in [-0.15, -0.1) is 0 Å². The Morgan fingerprint density at radius 2 is 2.00 bits per heavy atom. The Bertz CT molecular complexity index is 514. The van der Waals surface area contributed by atoms with Gasteiger partial charge >= 0.3 is 0 Å². The number of ether oxygens (including phenoxy) is 1. The quantitative estimate of drug-likeness (QED) is 0.802. The number of nitrogen functional groups attached to an aromatic ring is 1. The van der Waals surface area contributed by atoms with E-state index in [2.05, 4.69) is 9.97 Å². The van der Waals surface area contributed by atoms with Crippen molar-refractivity contribution in [3.8, 4) is 17.2 Å². The summed E-state index contributed by atoms with van der Waals surface area (Å²) < 4.78 is 5.46. The number of hydrogen-bond acceptors (Lipinski definition) is 5. The zero-order chi connectivity index (χ0) is 11.5. The van der Waals surface area contributed by atoms with Crippen LogP contribution in [-0.2, 0) is 0 Å². The van der Waals surface area contributed by atoms with Crippen LogP contribution in [0, 0.1) is 6.92 Å². The summed E-state index contributed by atoms with van der Waals surface area (Å²) in [5.41, 5.74) is 6.04. The van der Waals surface area contributed by atoms with E-state index in [1.165, 1.54) is 6.20 Å². The van der Waals surface area contributed by atoms with E-state index in [4.69, 9.17) is 10.5 Å². The zero-order valence-corrected chi connectivity index (χ0v) is 8.71. The van der Waals surface area contributed by atoms with Crippen molar-refractivity contribution in [1.82, 2.24) is 9.97 Å². The molecule has 0 fully saturated rings. The lowest BCUT2D eigenvalue weighted by atomic mass is 10.3. The molecule has 2 rings (SSSR count). The maximum atomic E-state index is 9.53. The standard InChI is InChI=1S/C11H11N3O2/c1-7-10(6-13-11(12)14-7)16-9-5-3-2-4-8(9)15/h2-6,15H,1H3,(H2,12,13,14). The van der Waals surface area contributed by atoms with Gasteiger partial charge in [-0.25, -0.2) is 9.97 Å². The Morgan fingerprint density at radius 1 is 1.25 bits per heavy atom. The molecular formula is C11H11N3O2. The SMILES string of the molecule is Cc1nc(N)ncc1Oc1ccccc1O. The van der Waals surface area contributed by atoms with E-state index in [0.29, 0.717) is 17.2 Å². The molecule has 0 saturated heterocycles. The lowest BCUT2D eigenvalue weighted by Crippen LogP contribution is -1.98. The first-order chi connectivity index (χ1) is 7.66. The van der Waals surface area contributed by atoms with E-state index >= 15 is 0 Å². The van der Waals surface area contributed by atoms with Crippen LogP contribution in [-0.4, -0.2) is 15.1 Å². The van der Waals surface area contributed by atoms with E-state index < -0.39 is 0 Å². The molecule has 0 aliphatic heterocycles. The summed E-state index contributed by atoms with van der Waals surface area (Å²) in [6, 6.07) is 6.69. The van der Waals surface area contributed by atoms with Crippen molar-refractivity contribution in [3.63, 3.8) is 0 Å². The number of benzene rings is 1. The number of anilines is 1. The van der Waals surface area contributed by atoms with Gasteiger partial charge in [0.1, 0.15) is 0 Å². The fraction of sp³-hybridized carbons (Fsp3) is 0.0909. The number of para-hydroxylation sites is 2. The third kappa shape index (κ3) is 2.03. The topological polar surface area (TPSA) is 81.3 Å². The fourth-order valence-electron chi connectivity index (χ4n) is 1.24. The van der Waals surface area contributed by atoms with Crippen molar-refractivity contribution in [1.29, 1.82) is 0 Å². The van der Waals surface area contributed by atoms with E-state index in [9.17, 15) is 5.11 Å². The Labute approximate surface area is 92.5 Å². The Hall–Kier alpha value is -2.30. The molecule has 1 aromatic heterocycles. The minimum atomic E-state index is 0.0683. The molecule has 0 amide bonds. The smallest absolute Gasteiger partial charge is 0.220 e. The van der Waals surface area contributed by atoms with Crippen LogP contribution in [0.1, 0.15) is 5.69 Å². The van der Waals surface area contributed by atoms with Gasteiger partial charge in [0.25, 0.3) is 0 Å². The van der Waals surface area contributed by atoms with Gasteiger partial charge in [0.05, 0.1) is 11.9 Å². The second-order valence-electron chi connectivity index (χ2n) is 3.25. The van der Waals surface area contributed by atoms with Gasteiger partial charge in [0.2, 0.25) is 5.95 Å². The molecule has 3 N–H and O–H groups in total. The minimum Gasteiger partial charge on any atom is -0.504 e. The average molecular weight is 217 g/mol. The molecule has 0 saturated carbocycles. The Kier molecular flexibility index (Phi) is 2.59. The van der Waals surface area contributed by atoms with Crippen molar-refractivity contribution in [2.45, 2.75) is 6.92 Å². The summed E-state index contributed by atoms with van der Waals surface area (Å²) in [6.45, 7) is 1.76. The minimum absolute atomic E-state index is 0.0683. The first kappa shape index (κ1) is 10.2. The highest BCUT2D eigenvalue weighted by Crippen LogP contribution is 2.30. The van der Waals surface area contributed by atoms with Crippen molar-refractivity contribution < 1.29 is 9.84 Å². The van der Waals surface area contributed by atoms with Gasteiger partial charge in [-0.05, 0) is 19.1 Å². The predicted octanol–water partition coefficient (Wildman–Crippen LogP) is 1.87. The number of nitrogens with zero attached hydrogens (tertiary/aromatic N) is 2. The molecule has 1 heterocycles. The molecule has 0 bridgehead atoms. The Morgan fingerprint density at radius 3 is 2.69 bits per heavy atom. The number of nitrogens with two attached hydrogens (primary N) is 1. The van der Waals surface area contributed by atoms with Crippen molar-refractivity contribution in [2.75, 3.05) is 5.73 Å². The lowest BCUT2D eigenvalue weighted by molar-refractivity contribution is 0.407. The molecule has 1 aromatic carbocycles. The maximum absolute atomic E-state index is 9.53. The van der Waals surface area contributed by atoms with Gasteiger partial charge < -0.3 is 15.6 Å². The number of phenols is 1. The van der Waals surface area contributed by atoms with Crippen molar-refractivity contribution >= 4 is 5.95 Å². The molecule has 82 valence electrons. The van der Waals surface area contributed by atoms with Crippen LogP contribution >= 0.6 is 0 Å². The molecule has 5 heteroatoms. The summed E-state index contributed by atoms with van der Waals surface area (Å²) in [4.78, 5) is 7.79. The second kappa shape index (κ2) is 4.06. The highest BCUT2D eigenvalue weighted by molar-refractivity contribution is 5.42. The molecule has 0 spiro atoms. The largest absolute Gasteiger partial charge is 0.504 e. The van der Waals surface area contributed by atoms with E-state index in [0.717, 1.165) is 0 Å². The summed E-state index contributed by atoms with van der Waals surface area (Å²) in [7, 11) is 0. The van der Waals surface area contributed by atoms with E-state index in [1.54, 1.807) is 31.2 Å². The van der Waals surface area contributed by atoms with E-state index in [1.807, 2.05) is 0 Å². The summed E-state index contributed by atoms with van der Waals surface area (Å²) in [5.74, 6) is 1.09. The fourth-order valence-corrected chi connectivity index (χ4v) is 1.24. The molecule has 0 aliphatic carbocycles. The van der Waals surface area contributed by atoms with Crippen LogP contribution < -0.4 is 10.5 Å². The number of phenolic OH excluding ortho intramolecular Hbond substituents is 1. The van der Waals surface area contributed by atoms with Gasteiger partial charge in [-0.3, -0.25) is 0 Å². The molecular weight excluding hydrogens is 206 g/mol. The Balaban J connectivity index is 2.31. The van der Waals surface area contributed by atoms with Crippen molar-refractivity contribution in [3.05, 3.63) is 36.2 Å². The zero-order valence-electron chi connectivity index (χ0n) is 8.71. The lowest BCUT2D eigenvalue weighted by Gasteiger charge is -2.08. The molecule has 5 nitrogen and oxygen atoms in total. The van der Waals surface area contributed by atoms with Gasteiger partial charge in [-0.1, -0.05) is 12.1 Å². The van der Waals surface area contributed by atoms with Crippen LogP contribution in [0.5, 0.6) is 17.2 Å². The summed E-state index contributed by atoms with van der Waals surface area (Å²) in [5, 5.41) is 9.53. The number of hydrogen-bond donors (Lipinski definition) is 2. The van der Waals surface area contributed by atoms with Crippen LogP contribution in [0.4, 0.5) is 5.95 Å². The number of rotatable bonds is 2. The van der Waals surface area contributed by atoms with Crippen molar-refractivity contribution in [2.24, 2.45) is 0 Å². The summed E-state index contributed by atoms with van der Waals surface area (Å²) >= 11 is 0. The highest BCUT2D eigenvalue weighted by atomic mass is 16.5. The first-order valence-corrected chi connectivity index (χ1v) is 4.72. The normalized spacial score (nSPS) is 10.1. The van der Waals surface area contributed by atoms with Crippen LogP contribution in [0.2, 0.25) is 0 Å². The first-order valence-electron chi connectivity index (χ1n) is 4.72. The van der Waals surface area contributed by atoms with E-state index in [-0.39, 0.29) is 11.7 Å². The molecule has 2 aromatic rings. The summed E-state index contributed by atoms with van der Waals surface area (Å²) in [6.07, 6.45) is 1.48. The highest BCUT2D eigenvalue weighted by Gasteiger charge is 2.06. The predicted molar refractivity (Wildman–Crippen MR) is 59.4 cm³/mol. The molecule has 0 atom stereocenters. The van der Waals surface area contributed by atoms with Crippen LogP contribution in [0.3, 0.4) is 0 Å². The van der Waals surface area contributed by atoms with Crippen LogP contribution in [0.15, 0.2) is 30.5 Å². The number of aromatic nitrogens is 2. The molecule has 0 unspecified atom stereocenters. The number of aromatic hydroxyl groups is 1. The van der Waals surface area contributed by atoms with Gasteiger partial charge in [0, 0.05) is 0 Å². The van der Waals surface area contributed by atoms with Gasteiger partial charge in [0.15, 0.2) is 17.2 Å². The average Bonchev–Trinajstić information content (AvgIpc) is 2.25. The number of aryl methyl sites for hydroxylation is 1. The monoisotopic (exact) mass is 217 g/mol. The third-order valence-electron chi connectivity index (χ3n) is 2.04. The molecule has 0 radical (unpaired) electrons. The van der Waals surface area contributed by atoms with Crippen LogP contribution in [0.25, 0.3) is 0 Å². The molecule has 0 aliphatic rings. The second-order valence-corrected chi connectivity index (χ2v) is 3.25. The third-order valence-corrected chi connectivity index (χ3v) is 2.04. The van der Waals surface area contributed by atoms with Gasteiger partial charge in [-0.2, -0.15) is 0 Å². The molecule has 16 heavy (non-hydrogen) atoms.